The number of nitrogens with zero attached hydrogens (tertiary/aromatic N) is 8. The van der Waals surface area contributed by atoms with Crippen LogP contribution in [0.5, 0.6) is 17.2 Å². The van der Waals surface area contributed by atoms with Crippen LogP contribution in [-0.4, -0.2) is 39.8 Å². The number of fused-ring (bicyclic) bond motifs is 16. The summed E-state index contributed by atoms with van der Waals surface area (Å²) in [6.07, 6.45) is 35.2. The first-order valence-corrected chi connectivity index (χ1v) is 43.3. The van der Waals surface area contributed by atoms with Crippen LogP contribution in [0.1, 0.15) is 184 Å². The van der Waals surface area contributed by atoms with Crippen LogP contribution in [-0.2, 0) is 39.0 Å². The number of ether oxygens (including phenoxy) is 3. The van der Waals surface area contributed by atoms with E-state index in [1.807, 2.05) is 31.2 Å². The predicted molar refractivity (Wildman–Crippen MR) is 510 cm³/mol. The van der Waals surface area contributed by atoms with Crippen molar-refractivity contribution < 1.29 is 53.2 Å². The van der Waals surface area contributed by atoms with Crippen molar-refractivity contribution in [2.75, 3.05) is 19.8 Å². The summed E-state index contributed by atoms with van der Waals surface area (Å²) < 4.78 is 18.6. The maximum Gasteiger partial charge on any atom is 2.00 e. The molecule has 0 saturated heterocycles. The van der Waals surface area contributed by atoms with Gasteiger partial charge in [-0.15, -0.1) is 50.6 Å². The fourth-order valence-corrected chi connectivity index (χ4v) is 18.0. The molecule has 16 bridgehead atoms. The van der Waals surface area contributed by atoms with Crippen LogP contribution >= 0.6 is 0 Å². The molecule has 1 aliphatic carbocycles. The van der Waals surface area contributed by atoms with Crippen LogP contribution in [0, 0.1) is 50.9 Å². The molecule has 125 heavy (non-hydrogen) atoms. The molecule has 4 aliphatic heterocycles. The van der Waals surface area contributed by atoms with E-state index < -0.39 is 0 Å². The molecule has 18 rings (SSSR count). The van der Waals surface area contributed by atoms with Crippen molar-refractivity contribution in [1.29, 1.82) is 0 Å². The molecule has 0 radical (unpaired) electrons. The summed E-state index contributed by atoms with van der Waals surface area (Å²) in [7, 11) is 0. The van der Waals surface area contributed by atoms with E-state index in [0.717, 1.165) is 256 Å². The maximum atomic E-state index is 6.32. The van der Waals surface area contributed by atoms with Crippen molar-refractivity contribution in [3.8, 4) is 119 Å². The molecule has 0 amide bonds. The third-order valence-electron chi connectivity index (χ3n) is 23.7. The van der Waals surface area contributed by atoms with E-state index >= 15 is 0 Å². The molecule has 6 aromatic heterocycles. The quantitative estimate of drug-likeness (QED) is 0.0364. The summed E-state index contributed by atoms with van der Waals surface area (Å²) in [6.45, 7) is 21.6. The Labute approximate surface area is 758 Å². The molecular formula is C112H96N8O3Zn2. The van der Waals surface area contributed by atoms with Crippen LogP contribution in [0.4, 0.5) is 0 Å². The second-order valence-electron chi connectivity index (χ2n) is 32.6. The molecule has 606 valence electrons. The van der Waals surface area contributed by atoms with Gasteiger partial charge in [0.05, 0.1) is 65.4 Å². The van der Waals surface area contributed by atoms with Crippen molar-refractivity contribution in [2.45, 2.75) is 120 Å². The molecular weight excluding hydrogens is 1640 g/mol. The number of aryl methyl sites for hydroxylation is 3. The number of benzene rings is 7. The Bertz CT molecular complexity index is 6960. The Kier molecular flexibility index (Phi) is 26.0. The Morgan fingerprint density at radius 3 is 0.936 bits per heavy atom. The summed E-state index contributed by atoms with van der Waals surface area (Å²) >= 11 is 0. The number of aromatic nitrogens is 8. The maximum absolute atomic E-state index is 6.32. The topological polar surface area (TPSA) is 136 Å². The molecule has 1 atom stereocenters. The first-order valence-electron chi connectivity index (χ1n) is 43.3. The van der Waals surface area contributed by atoms with E-state index in [0.29, 0.717) is 25.7 Å². The predicted octanol–water partition coefficient (Wildman–Crippen LogP) is 27.2. The van der Waals surface area contributed by atoms with Crippen molar-refractivity contribution in [1.82, 2.24) is 39.9 Å². The van der Waals surface area contributed by atoms with E-state index in [4.69, 9.17) is 60.5 Å². The van der Waals surface area contributed by atoms with Crippen LogP contribution in [0.25, 0.3) is 176 Å². The third-order valence-corrected chi connectivity index (χ3v) is 23.7. The van der Waals surface area contributed by atoms with E-state index in [2.05, 4.69) is 310 Å². The number of unbranched alkanes of at least 4 members (excludes halogenated alkanes) is 6. The second kappa shape index (κ2) is 38.0. The van der Waals surface area contributed by atoms with E-state index in [1.165, 1.54) is 42.4 Å². The molecule has 0 saturated carbocycles. The van der Waals surface area contributed by atoms with Gasteiger partial charge >= 0.3 is 39.0 Å². The molecule has 11 nitrogen and oxygen atoms in total. The van der Waals surface area contributed by atoms with Gasteiger partial charge in [-0.2, -0.15) is 0 Å². The molecule has 13 heteroatoms. The van der Waals surface area contributed by atoms with E-state index in [-0.39, 0.29) is 39.0 Å². The largest absolute Gasteiger partial charge is 2.00 e. The monoisotopic (exact) mass is 1730 g/mol. The SMILES string of the molecule is C#Cc1ccc(-c2c3nc(c(-c4ccc(OCCCCCC)cc4)c4ccc([n-]4)c(-c4ccc(C#Cc5ccc(-c6c7nc(c(-c8ccc(OCCCCCC)cc8)c8ccc([n-]8)c(-c8ccc(OCC)cc8)c8nc(c(-c9c(C)cc(C)cc9C)c9ccc6[n-]9)C=C8)C=C7)cc5)cc4)c4nc(c(C5=C(C)CC(C)C=C5C)c5ccc2[n-]5)C=C4)C=C3)cc1.[Zn+2].[Zn+2]. The van der Waals surface area contributed by atoms with Crippen LogP contribution in [0.3, 0.4) is 0 Å². The van der Waals surface area contributed by atoms with Gasteiger partial charge in [0.25, 0.3) is 0 Å². The molecule has 13 aromatic rings. The smallest absolute Gasteiger partial charge is 0.657 e. The third kappa shape index (κ3) is 18.0. The zero-order chi connectivity index (χ0) is 84.2. The Balaban J connectivity index is 0.00000576. The fourth-order valence-electron chi connectivity index (χ4n) is 18.0. The first-order chi connectivity index (χ1) is 60.2. The Hall–Kier alpha value is -13.0. The average molecular weight is 1730 g/mol. The van der Waals surface area contributed by atoms with Gasteiger partial charge in [-0.1, -0.05) is 228 Å². The molecule has 0 N–H and O–H groups in total. The first kappa shape index (κ1) is 85.5. The fraction of sp³-hybridized carbons (Fsp3) is 0.196. The molecule has 7 aromatic carbocycles. The number of terminal acetylenes is 1. The normalized spacial score (nSPS) is 13.1. The number of hydrogen-bond acceptors (Lipinski definition) is 7. The summed E-state index contributed by atoms with van der Waals surface area (Å²) in [6, 6.07) is 71.5. The number of rotatable bonds is 22. The average Bonchev–Trinajstić information content (AvgIpc) is 1.64. The molecule has 0 fully saturated rings. The minimum absolute atomic E-state index is 0. The molecule has 5 aliphatic rings. The standard InChI is InChI=1S/C112H96N8O3.2Zn/c1-11-15-17-19-63-122-85-43-37-82(38-44-85)108-90-50-47-87(113-90)105(78-29-23-75(13-3)24-30-78)95-55-59-99(117-95)111(103-71(7)65-69(5)66-72(103)8)100-60-56-96(118-100)106(88-48-51-91(108)114-88)79-31-25-76(26-32-79)21-22-77-27-33-80(34-28-77)107-89-49-52-92(115-89)109(83-39-45-86(46-40-83)123-64-20-18-16-12-2)93-53-54-94(116-93)110(81-35-41-84(42-36-81)121-14-4)98-58-62-102(120-98)112(101-61-57-97(107)119-101)104-73(9)67-70(6)68-74(104)10;;/h3,23-62,65,67-69H,11-12,14-20,63-64,66H2,1-2,4-10H3;;/q-4;2*+2. The van der Waals surface area contributed by atoms with Gasteiger partial charge in [-0.25, -0.2) is 19.9 Å². The van der Waals surface area contributed by atoms with Gasteiger partial charge in [-0.3, -0.25) is 0 Å². The van der Waals surface area contributed by atoms with E-state index in [9.17, 15) is 0 Å². The van der Waals surface area contributed by atoms with Crippen LogP contribution < -0.4 is 34.1 Å². The number of hydrogen-bond donors (Lipinski definition) is 0. The second-order valence-corrected chi connectivity index (χ2v) is 32.6. The summed E-state index contributed by atoms with van der Waals surface area (Å²) in [5.41, 5.74) is 36.2. The summed E-state index contributed by atoms with van der Waals surface area (Å²) in [4.78, 5) is 45.0. The molecule has 1 unspecified atom stereocenters. The van der Waals surface area contributed by atoms with Gasteiger partial charge < -0.3 is 34.1 Å². The van der Waals surface area contributed by atoms with Crippen LogP contribution in [0.15, 0.2) is 223 Å². The van der Waals surface area contributed by atoms with Crippen molar-refractivity contribution in [3.63, 3.8) is 0 Å². The van der Waals surface area contributed by atoms with Gasteiger partial charge in [-0.05, 0) is 294 Å². The Morgan fingerprint density at radius 1 is 0.336 bits per heavy atom. The zero-order valence-electron chi connectivity index (χ0n) is 72.7. The van der Waals surface area contributed by atoms with E-state index in [1.54, 1.807) is 0 Å². The Morgan fingerprint density at radius 2 is 0.624 bits per heavy atom. The minimum Gasteiger partial charge on any atom is -0.657 e. The van der Waals surface area contributed by atoms with Crippen molar-refractivity contribution in [2.24, 2.45) is 5.92 Å². The zero-order valence-corrected chi connectivity index (χ0v) is 78.6. The van der Waals surface area contributed by atoms with Gasteiger partial charge in [0, 0.05) is 16.7 Å². The van der Waals surface area contributed by atoms with Crippen molar-refractivity contribution >= 4 is 98.3 Å². The molecule has 10 heterocycles. The van der Waals surface area contributed by atoms with Crippen molar-refractivity contribution in [3.05, 3.63) is 308 Å². The van der Waals surface area contributed by atoms with Gasteiger partial charge in [0.2, 0.25) is 0 Å². The molecule has 0 spiro atoms. The number of allylic oxidation sites excluding steroid dienone is 4. The summed E-state index contributed by atoms with van der Waals surface area (Å²) in [5.74, 6) is 12.7. The minimum atomic E-state index is 0. The van der Waals surface area contributed by atoms with Gasteiger partial charge in [0.1, 0.15) is 17.2 Å². The van der Waals surface area contributed by atoms with Gasteiger partial charge in [0.15, 0.2) is 0 Å². The van der Waals surface area contributed by atoms with Crippen LogP contribution in [0.2, 0.25) is 0 Å². The summed E-state index contributed by atoms with van der Waals surface area (Å²) in [5, 5.41) is 0.